The van der Waals surface area contributed by atoms with Crippen LogP contribution >= 0.6 is 11.3 Å². The summed E-state index contributed by atoms with van der Waals surface area (Å²) < 4.78 is 6.82. The van der Waals surface area contributed by atoms with Crippen molar-refractivity contribution >= 4 is 34.5 Å². The molecule has 3 aromatic rings. The highest BCUT2D eigenvalue weighted by Crippen LogP contribution is 2.35. The van der Waals surface area contributed by atoms with Crippen molar-refractivity contribution in [2.75, 3.05) is 18.6 Å². The van der Waals surface area contributed by atoms with Gasteiger partial charge >= 0.3 is 5.97 Å². The third-order valence-corrected chi connectivity index (χ3v) is 7.03. The van der Waals surface area contributed by atoms with Crippen LogP contribution in [0.3, 0.4) is 0 Å². The molecule has 0 bridgehead atoms. The smallest absolute Gasteiger partial charge is 0.338 e. The molecule has 2 aromatic carbocycles. The SMILES string of the molecule is C=CCN1C(=O)/C(=c2\sc3n(c2=O)[C@H](c2ccccc2)C(C(=O)OC)=C(C)N=3)c2ccccc21. The predicted molar refractivity (Wildman–Crippen MR) is 130 cm³/mol. The molecule has 1 atom stereocenters. The Morgan fingerprint density at radius 1 is 1.15 bits per heavy atom. The monoisotopic (exact) mass is 471 g/mol. The molecule has 0 saturated carbocycles. The number of anilines is 1. The standard InChI is InChI=1S/C26H21N3O4S/c1-4-14-28-18-13-9-8-12-17(18)20(23(28)30)22-24(31)29-21(16-10-6-5-7-11-16)19(25(32)33-3)15(2)27-26(29)34-22/h4-13,21H,1,14H2,2-3H3/b22-20-/t21-/m1/s1. The Morgan fingerprint density at radius 2 is 1.85 bits per heavy atom. The molecular weight excluding hydrogens is 450 g/mol. The number of fused-ring (bicyclic) bond motifs is 2. The van der Waals surface area contributed by atoms with Crippen molar-refractivity contribution in [3.8, 4) is 0 Å². The number of ether oxygens (including phenoxy) is 1. The lowest BCUT2D eigenvalue weighted by Gasteiger charge is -2.24. The first kappa shape index (κ1) is 21.8. The van der Waals surface area contributed by atoms with Crippen molar-refractivity contribution in [2.24, 2.45) is 4.99 Å². The average Bonchev–Trinajstić information content (AvgIpc) is 3.31. The largest absolute Gasteiger partial charge is 0.466 e. The Bertz CT molecular complexity index is 1560. The van der Waals surface area contributed by atoms with Crippen molar-refractivity contribution in [3.63, 3.8) is 0 Å². The normalized spacial score (nSPS) is 18.4. The molecule has 0 aliphatic carbocycles. The number of nitrogens with zero attached hydrogens (tertiary/aromatic N) is 3. The quantitative estimate of drug-likeness (QED) is 0.432. The zero-order valence-corrected chi connectivity index (χ0v) is 19.5. The van der Waals surface area contributed by atoms with Crippen LogP contribution < -0.4 is 19.8 Å². The van der Waals surface area contributed by atoms with Gasteiger partial charge in [0.1, 0.15) is 4.53 Å². The van der Waals surface area contributed by atoms with Crippen molar-refractivity contribution in [1.82, 2.24) is 4.57 Å². The van der Waals surface area contributed by atoms with Gasteiger partial charge in [-0.05, 0) is 18.6 Å². The molecule has 0 spiro atoms. The zero-order valence-electron chi connectivity index (χ0n) is 18.6. The maximum atomic E-state index is 13.9. The highest BCUT2D eigenvalue weighted by atomic mass is 32.1. The van der Waals surface area contributed by atoms with Crippen LogP contribution in [-0.4, -0.2) is 30.1 Å². The Labute approximate surface area is 199 Å². The van der Waals surface area contributed by atoms with Gasteiger partial charge < -0.3 is 9.64 Å². The number of amides is 1. The minimum atomic E-state index is -0.713. The van der Waals surface area contributed by atoms with E-state index < -0.39 is 12.0 Å². The number of aromatic nitrogens is 1. The van der Waals surface area contributed by atoms with Crippen LogP contribution in [0.5, 0.6) is 0 Å². The molecule has 0 saturated heterocycles. The summed E-state index contributed by atoms with van der Waals surface area (Å²) in [7, 11) is 1.31. The molecule has 1 aromatic heterocycles. The number of carbonyl (C=O) groups is 2. The minimum absolute atomic E-state index is 0.258. The molecule has 1 amide bonds. The molecule has 2 aliphatic rings. The first-order valence-electron chi connectivity index (χ1n) is 10.7. The summed E-state index contributed by atoms with van der Waals surface area (Å²) in [5.41, 5.74) is 2.92. The van der Waals surface area contributed by atoms with E-state index >= 15 is 0 Å². The van der Waals surface area contributed by atoms with Gasteiger partial charge in [0, 0.05) is 12.1 Å². The Balaban J connectivity index is 1.84. The van der Waals surface area contributed by atoms with Gasteiger partial charge in [-0.15, -0.1) is 6.58 Å². The van der Waals surface area contributed by atoms with E-state index in [2.05, 4.69) is 11.6 Å². The summed E-state index contributed by atoms with van der Waals surface area (Å²) in [6, 6.07) is 16.0. The van der Waals surface area contributed by atoms with Crippen molar-refractivity contribution in [2.45, 2.75) is 13.0 Å². The Hall–Kier alpha value is -4.04. The second-order valence-corrected chi connectivity index (χ2v) is 8.88. The first-order valence-corrected chi connectivity index (χ1v) is 11.5. The van der Waals surface area contributed by atoms with Crippen LogP contribution in [0, 0.1) is 0 Å². The van der Waals surface area contributed by atoms with Crippen molar-refractivity contribution in [3.05, 3.63) is 109 Å². The molecule has 5 rings (SSSR count). The van der Waals surface area contributed by atoms with Crippen LogP contribution in [0.25, 0.3) is 5.57 Å². The summed E-state index contributed by atoms with van der Waals surface area (Å²) in [6.07, 6.45) is 1.65. The van der Waals surface area contributed by atoms with Gasteiger partial charge in [-0.1, -0.05) is 65.9 Å². The van der Waals surface area contributed by atoms with E-state index in [0.717, 1.165) is 22.6 Å². The molecule has 34 heavy (non-hydrogen) atoms. The fraction of sp³-hybridized carbons (Fsp3) is 0.154. The van der Waals surface area contributed by atoms with Gasteiger partial charge in [0.25, 0.3) is 11.5 Å². The fourth-order valence-electron chi connectivity index (χ4n) is 4.50. The maximum Gasteiger partial charge on any atom is 0.338 e. The molecule has 2 aliphatic heterocycles. The number of carbonyl (C=O) groups excluding carboxylic acids is 2. The van der Waals surface area contributed by atoms with Gasteiger partial charge in [0.2, 0.25) is 0 Å². The number of hydrogen-bond donors (Lipinski definition) is 0. The van der Waals surface area contributed by atoms with Gasteiger partial charge in [-0.2, -0.15) is 0 Å². The lowest BCUT2D eigenvalue weighted by Crippen LogP contribution is -2.40. The predicted octanol–water partition coefficient (Wildman–Crippen LogP) is 2.31. The molecule has 0 radical (unpaired) electrons. The molecule has 8 heteroatoms. The Kier molecular flexibility index (Phi) is 5.37. The molecule has 0 fully saturated rings. The van der Waals surface area contributed by atoms with E-state index in [4.69, 9.17) is 4.74 Å². The van der Waals surface area contributed by atoms with Gasteiger partial charge in [-0.25, -0.2) is 9.79 Å². The summed E-state index contributed by atoms with van der Waals surface area (Å²) in [4.78, 5) is 46.7. The van der Waals surface area contributed by atoms with E-state index in [9.17, 15) is 14.4 Å². The van der Waals surface area contributed by atoms with Crippen LogP contribution in [0.4, 0.5) is 5.69 Å². The van der Waals surface area contributed by atoms with Crippen LogP contribution in [0.1, 0.15) is 24.1 Å². The van der Waals surface area contributed by atoms with Gasteiger partial charge in [0.05, 0.1) is 35.7 Å². The Morgan fingerprint density at radius 3 is 2.56 bits per heavy atom. The van der Waals surface area contributed by atoms with Crippen LogP contribution in [0.2, 0.25) is 0 Å². The summed E-state index contributed by atoms with van der Waals surface area (Å²) >= 11 is 1.16. The summed E-state index contributed by atoms with van der Waals surface area (Å²) in [5.74, 6) is -0.806. The highest BCUT2D eigenvalue weighted by molar-refractivity contribution is 7.07. The average molecular weight is 472 g/mol. The molecule has 0 unspecified atom stereocenters. The molecular formula is C26H21N3O4S. The third kappa shape index (κ3) is 3.18. The lowest BCUT2D eigenvalue weighted by molar-refractivity contribution is -0.136. The van der Waals surface area contributed by atoms with Crippen molar-refractivity contribution < 1.29 is 14.3 Å². The second kappa shape index (κ2) is 8.39. The number of thiazole rings is 1. The number of methoxy groups -OCH3 is 1. The maximum absolute atomic E-state index is 13.9. The van der Waals surface area contributed by atoms with E-state index in [1.807, 2.05) is 54.6 Å². The van der Waals surface area contributed by atoms with E-state index in [1.54, 1.807) is 17.9 Å². The fourth-order valence-corrected chi connectivity index (χ4v) is 5.64. The van der Waals surface area contributed by atoms with Crippen LogP contribution in [0.15, 0.2) is 88.3 Å². The topological polar surface area (TPSA) is 81.0 Å². The first-order chi connectivity index (χ1) is 16.5. The number of hydrogen-bond acceptors (Lipinski definition) is 6. The number of allylic oxidation sites excluding steroid dienone is 1. The second-order valence-electron chi connectivity index (χ2n) is 7.90. The number of para-hydroxylation sites is 1. The highest BCUT2D eigenvalue weighted by Gasteiger charge is 2.36. The van der Waals surface area contributed by atoms with Gasteiger partial charge in [-0.3, -0.25) is 14.2 Å². The summed E-state index contributed by atoms with van der Waals surface area (Å²) in [5, 5.41) is 0. The van der Waals surface area contributed by atoms with Crippen LogP contribution in [-0.2, 0) is 14.3 Å². The van der Waals surface area contributed by atoms with E-state index in [-0.39, 0.29) is 11.5 Å². The number of rotatable bonds is 4. The molecule has 3 heterocycles. The summed E-state index contributed by atoms with van der Waals surface area (Å²) in [6.45, 7) is 5.81. The molecule has 170 valence electrons. The lowest BCUT2D eigenvalue weighted by atomic mass is 9.96. The zero-order chi connectivity index (χ0) is 24.0. The minimum Gasteiger partial charge on any atom is -0.466 e. The number of esters is 1. The molecule has 7 nitrogen and oxygen atoms in total. The van der Waals surface area contributed by atoms with E-state index in [1.165, 1.54) is 11.7 Å². The molecule has 0 N–H and O–H groups in total. The van der Waals surface area contributed by atoms with Crippen molar-refractivity contribution in [1.29, 1.82) is 0 Å². The van der Waals surface area contributed by atoms with E-state index in [0.29, 0.717) is 38.3 Å². The van der Waals surface area contributed by atoms with Gasteiger partial charge in [0.15, 0.2) is 4.80 Å². The number of benzene rings is 2. The third-order valence-electron chi connectivity index (χ3n) is 5.98.